The van der Waals surface area contributed by atoms with Crippen LogP contribution in [0.2, 0.25) is 0 Å². The van der Waals surface area contributed by atoms with E-state index in [0.717, 1.165) is 18.4 Å². The Hall–Kier alpha value is -1.62. The number of carbonyl (C=O) groups excluding carboxylic acids is 1. The minimum absolute atomic E-state index is 0.0404. The van der Waals surface area contributed by atoms with Crippen LogP contribution in [0.5, 0.6) is 5.88 Å². The molecule has 22 heavy (non-hydrogen) atoms. The second kappa shape index (κ2) is 7.58. The number of piperidine rings is 1. The maximum absolute atomic E-state index is 11.4. The number of hydrogen-bond donors (Lipinski definition) is 1. The summed E-state index contributed by atoms with van der Waals surface area (Å²) in [7, 11) is 0. The van der Waals surface area contributed by atoms with E-state index in [2.05, 4.69) is 15.2 Å². The van der Waals surface area contributed by atoms with Crippen molar-refractivity contribution in [1.29, 1.82) is 0 Å². The largest absolute Gasteiger partial charge is 0.478 e. The first-order chi connectivity index (χ1) is 10.8. The van der Waals surface area contributed by atoms with Gasteiger partial charge in [0.15, 0.2) is 0 Å². The Balaban J connectivity index is 1.38. The Morgan fingerprint density at radius 1 is 1.14 bits per heavy atom. The number of likely N-dealkylation sites (tertiary alicyclic amines) is 1. The van der Waals surface area contributed by atoms with E-state index in [-0.39, 0.29) is 5.91 Å². The molecule has 5 nitrogen and oxygen atoms in total. The molecule has 0 bridgehead atoms. The van der Waals surface area contributed by atoms with Crippen LogP contribution in [0.4, 0.5) is 5.82 Å². The molecule has 0 unspecified atom stereocenters. The lowest BCUT2D eigenvalue weighted by Gasteiger charge is -2.26. The van der Waals surface area contributed by atoms with Gasteiger partial charge in [-0.05, 0) is 63.4 Å². The second-order valence-electron chi connectivity index (χ2n) is 6.16. The first-order valence-electron chi connectivity index (χ1n) is 8.46. The van der Waals surface area contributed by atoms with E-state index >= 15 is 0 Å². The summed E-state index contributed by atoms with van der Waals surface area (Å²) in [5.41, 5.74) is 1.09. The molecule has 2 aliphatic rings. The molecule has 1 fully saturated rings. The zero-order chi connectivity index (χ0) is 15.2. The Morgan fingerprint density at radius 3 is 2.86 bits per heavy atom. The van der Waals surface area contributed by atoms with Crippen molar-refractivity contribution in [3.05, 3.63) is 17.7 Å². The number of carbonyl (C=O) groups is 1. The van der Waals surface area contributed by atoms with E-state index in [4.69, 9.17) is 4.74 Å². The predicted octanol–water partition coefficient (Wildman–Crippen LogP) is 2.61. The third kappa shape index (κ3) is 4.19. The summed E-state index contributed by atoms with van der Waals surface area (Å²) in [5, 5.41) is 2.81. The highest BCUT2D eigenvalue weighted by atomic mass is 16.5. The van der Waals surface area contributed by atoms with Gasteiger partial charge < -0.3 is 15.0 Å². The minimum atomic E-state index is 0.0404. The molecule has 0 radical (unpaired) electrons. The van der Waals surface area contributed by atoms with Crippen LogP contribution in [0.25, 0.3) is 0 Å². The molecule has 1 aromatic heterocycles. The van der Waals surface area contributed by atoms with Gasteiger partial charge in [-0.3, -0.25) is 4.79 Å². The molecule has 0 aromatic carbocycles. The molecule has 0 aliphatic carbocycles. The summed E-state index contributed by atoms with van der Waals surface area (Å²) in [6, 6.07) is 3.91. The fourth-order valence-electron chi connectivity index (χ4n) is 3.10. The Labute approximate surface area is 132 Å². The predicted molar refractivity (Wildman–Crippen MR) is 86.2 cm³/mol. The molecule has 2 aliphatic heterocycles. The Morgan fingerprint density at radius 2 is 2.00 bits per heavy atom. The molecule has 0 spiro atoms. The average molecular weight is 303 g/mol. The first kappa shape index (κ1) is 15.3. The van der Waals surface area contributed by atoms with Gasteiger partial charge in [0.2, 0.25) is 11.8 Å². The van der Waals surface area contributed by atoms with Gasteiger partial charge in [-0.15, -0.1) is 0 Å². The zero-order valence-electron chi connectivity index (χ0n) is 13.1. The molecular weight excluding hydrogens is 278 g/mol. The van der Waals surface area contributed by atoms with Crippen LogP contribution in [0, 0.1) is 0 Å². The van der Waals surface area contributed by atoms with Gasteiger partial charge in [-0.2, -0.15) is 4.98 Å². The van der Waals surface area contributed by atoms with E-state index < -0.39 is 0 Å². The highest BCUT2D eigenvalue weighted by Crippen LogP contribution is 2.23. The fourth-order valence-corrected chi connectivity index (χ4v) is 3.10. The standard InChI is InChI=1S/C17H25N3O2/c21-15-8-6-14-7-9-16(19-17(14)18-15)22-13-5-4-12-20-10-2-1-3-11-20/h7,9H,1-6,8,10-13H2,(H,18,19,21). The van der Waals surface area contributed by atoms with Gasteiger partial charge in [0.1, 0.15) is 5.82 Å². The number of hydrogen-bond acceptors (Lipinski definition) is 4. The van der Waals surface area contributed by atoms with Crippen LogP contribution in [0.15, 0.2) is 12.1 Å². The number of fused-ring (bicyclic) bond motifs is 1. The number of nitrogens with zero attached hydrogens (tertiary/aromatic N) is 2. The number of nitrogens with one attached hydrogen (secondary N) is 1. The van der Waals surface area contributed by atoms with Gasteiger partial charge in [-0.1, -0.05) is 6.42 Å². The third-order valence-corrected chi connectivity index (χ3v) is 4.40. The number of unbranched alkanes of at least 4 members (excludes halogenated alkanes) is 1. The molecule has 0 saturated carbocycles. The van der Waals surface area contributed by atoms with Crippen molar-refractivity contribution in [3.8, 4) is 5.88 Å². The monoisotopic (exact) mass is 303 g/mol. The molecule has 3 heterocycles. The number of amides is 1. The Kier molecular flexibility index (Phi) is 5.27. The summed E-state index contributed by atoms with van der Waals surface area (Å²) in [5.74, 6) is 1.32. The molecular formula is C17H25N3O2. The topological polar surface area (TPSA) is 54.5 Å². The van der Waals surface area contributed by atoms with Crippen molar-refractivity contribution >= 4 is 11.7 Å². The highest BCUT2D eigenvalue weighted by molar-refractivity contribution is 5.92. The number of ether oxygens (including phenoxy) is 1. The number of rotatable bonds is 6. The fraction of sp³-hybridized carbons (Fsp3) is 0.647. The van der Waals surface area contributed by atoms with Crippen LogP contribution >= 0.6 is 0 Å². The molecule has 1 saturated heterocycles. The normalized spacial score (nSPS) is 18.6. The molecule has 3 rings (SSSR count). The molecule has 0 atom stereocenters. The first-order valence-corrected chi connectivity index (χ1v) is 8.46. The molecule has 120 valence electrons. The van der Waals surface area contributed by atoms with Crippen LogP contribution in [-0.2, 0) is 11.2 Å². The summed E-state index contributed by atoms with van der Waals surface area (Å²) in [6.45, 7) is 4.38. The maximum Gasteiger partial charge on any atom is 0.225 e. The number of aryl methyl sites for hydroxylation is 1. The van der Waals surface area contributed by atoms with Crippen LogP contribution in [-0.4, -0.2) is 42.0 Å². The summed E-state index contributed by atoms with van der Waals surface area (Å²) >= 11 is 0. The van der Waals surface area contributed by atoms with Crippen molar-refractivity contribution < 1.29 is 9.53 Å². The van der Waals surface area contributed by atoms with Crippen molar-refractivity contribution in [3.63, 3.8) is 0 Å². The summed E-state index contributed by atoms with van der Waals surface area (Å²) < 4.78 is 5.72. The maximum atomic E-state index is 11.4. The van der Waals surface area contributed by atoms with Gasteiger partial charge >= 0.3 is 0 Å². The van der Waals surface area contributed by atoms with E-state index in [1.807, 2.05) is 12.1 Å². The quantitative estimate of drug-likeness (QED) is 0.821. The smallest absolute Gasteiger partial charge is 0.225 e. The molecule has 5 heteroatoms. The number of aromatic nitrogens is 1. The van der Waals surface area contributed by atoms with E-state index in [0.29, 0.717) is 24.7 Å². The van der Waals surface area contributed by atoms with E-state index in [1.165, 1.54) is 45.3 Å². The van der Waals surface area contributed by atoms with Gasteiger partial charge in [0.25, 0.3) is 0 Å². The van der Waals surface area contributed by atoms with Gasteiger partial charge in [-0.25, -0.2) is 0 Å². The van der Waals surface area contributed by atoms with Gasteiger partial charge in [0.05, 0.1) is 6.61 Å². The molecule has 1 aromatic rings. The van der Waals surface area contributed by atoms with Crippen LogP contribution < -0.4 is 10.1 Å². The summed E-state index contributed by atoms with van der Waals surface area (Å²) in [4.78, 5) is 18.3. The third-order valence-electron chi connectivity index (χ3n) is 4.40. The SMILES string of the molecule is O=C1CCc2ccc(OCCCCN3CCCCC3)nc2N1. The lowest BCUT2D eigenvalue weighted by Crippen LogP contribution is -2.30. The van der Waals surface area contributed by atoms with Crippen molar-refractivity contribution in [2.75, 3.05) is 31.6 Å². The van der Waals surface area contributed by atoms with Crippen molar-refractivity contribution in [1.82, 2.24) is 9.88 Å². The van der Waals surface area contributed by atoms with Crippen LogP contribution in [0.1, 0.15) is 44.1 Å². The number of anilines is 1. The van der Waals surface area contributed by atoms with E-state index in [9.17, 15) is 4.79 Å². The Bertz CT molecular complexity index is 513. The highest BCUT2D eigenvalue weighted by Gasteiger charge is 2.16. The van der Waals surface area contributed by atoms with Crippen molar-refractivity contribution in [2.45, 2.75) is 44.9 Å². The lowest BCUT2D eigenvalue weighted by atomic mass is 10.1. The van der Waals surface area contributed by atoms with Crippen LogP contribution in [0.3, 0.4) is 0 Å². The lowest BCUT2D eigenvalue weighted by molar-refractivity contribution is -0.116. The van der Waals surface area contributed by atoms with Gasteiger partial charge in [0, 0.05) is 12.5 Å². The second-order valence-corrected chi connectivity index (χ2v) is 6.16. The molecule has 1 amide bonds. The number of pyridine rings is 1. The minimum Gasteiger partial charge on any atom is -0.478 e. The zero-order valence-corrected chi connectivity index (χ0v) is 13.1. The molecule has 1 N–H and O–H groups in total. The average Bonchev–Trinajstić information content (AvgIpc) is 2.55. The van der Waals surface area contributed by atoms with E-state index in [1.54, 1.807) is 0 Å². The summed E-state index contributed by atoms with van der Waals surface area (Å²) in [6.07, 6.45) is 7.61. The van der Waals surface area contributed by atoms with Crippen molar-refractivity contribution in [2.24, 2.45) is 0 Å².